The summed E-state index contributed by atoms with van der Waals surface area (Å²) < 4.78 is 0. The first-order valence-corrected chi connectivity index (χ1v) is 6.51. The van der Waals surface area contributed by atoms with Crippen LogP contribution in [0.5, 0.6) is 0 Å². The third-order valence-electron chi connectivity index (χ3n) is 3.70. The van der Waals surface area contributed by atoms with E-state index in [0.29, 0.717) is 5.41 Å². The van der Waals surface area contributed by atoms with Gasteiger partial charge in [-0.25, -0.2) is 0 Å². The normalized spacial score (nSPS) is 24.2. The van der Waals surface area contributed by atoms with Crippen LogP contribution in [0.1, 0.15) is 24.5 Å². The fraction of sp³-hybridized carbons (Fsp3) is 0.500. The maximum absolute atomic E-state index is 2.42. The first-order valence-electron chi connectivity index (χ1n) is 6.51. The van der Waals surface area contributed by atoms with E-state index >= 15 is 0 Å². The fourth-order valence-corrected chi connectivity index (χ4v) is 3.14. The van der Waals surface area contributed by atoms with Gasteiger partial charge < -0.3 is 4.90 Å². The van der Waals surface area contributed by atoms with E-state index in [1.807, 2.05) is 0 Å². The topological polar surface area (TPSA) is 3.24 Å². The van der Waals surface area contributed by atoms with Gasteiger partial charge >= 0.3 is 0 Å². The lowest BCUT2D eigenvalue weighted by atomic mass is 9.71. The molecule has 0 saturated carbocycles. The Bertz CT molecular complexity index is 406. The molecule has 1 aromatic carbocycles. The fourth-order valence-electron chi connectivity index (χ4n) is 3.14. The quantitative estimate of drug-likeness (QED) is 0.719. The Kier molecular flexibility index (Phi) is 3.68. The molecular formula is C16H23N. The largest absolute Gasteiger partial charge is 0.309 e. The van der Waals surface area contributed by atoms with Crippen molar-refractivity contribution in [3.63, 3.8) is 0 Å². The SMILES string of the molecule is CC=CC1(CN(C)C)CCc2ccccc2C1. The van der Waals surface area contributed by atoms with Crippen LogP contribution in [0.2, 0.25) is 0 Å². The number of benzene rings is 1. The summed E-state index contributed by atoms with van der Waals surface area (Å²) in [5.41, 5.74) is 3.43. The van der Waals surface area contributed by atoms with Gasteiger partial charge in [-0.05, 0) is 51.4 Å². The van der Waals surface area contributed by atoms with E-state index in [2.05, 4.69) is 62.3 Å². The number of allylic oxidation sites excluding steroid dienone is 1. The Morgan fingerprint density at radius 1 is 1.24 bits per heavy atom. The molecular weight excluding hydrogens is 206 g/mol. The number of aryl methyl sites for hydroxylation is 1. The van der Waals surface area contributed by atoms with E-state index in [4.69, 9.17) is 0 Å². The van der Waals surface area contributed by atoms with E-state index < -0.39 is 0 Å². The Labute approximate surface area is 105 Å². The number of fused-ring (bicyclic) bond motifs is 1. The summed E-state index contributed by atoms with van der Waals surface area (Å²) >= 11 is 0. The van der Waals surface area contributed by atoms with Gasteiger partial charge in [0.15, 0.2) is 0 Å². The van der Waals surface area contributed by atoms with Gasteiger partial charge in [0.1, 0.15) is 0 Å². The lowest BCUT2D eigenvalue weighted by Crippen LogP contribution is -2.37. The third kappa shape index (κ3) is 2.78. The highest BCUT2D eigenvalue weighted by Gasteiger charge is 2.32. The van der Waals surface area contributed by atoms with Crippen LogP contribution in [-0.2, 0) is 12.8 Å². The van der Waals surface area contributed by atoms with Crippen LogP contribution in [0.3, 0.4) is 0 Å². The zero-order chi connectivity index (χ0) is 12.3. The zero-order valence-electron chi connectivity index (χ0n) is 11.2. The van der Waals surface area contributed by atoms with Crippen LogP contribution in [0.25, 0.3) is 0 Å². The van der Waals surface area contributed by atoms with Crippen molar-refractivity contribution in [1.82, 2.24) is 4.90 Å². The Morgan fingerprint density at radius 2 is 1.94 bits per heavy atom. The van der Waals surface area contributed by atoms with Gasteiger partial charge in [0, 0.05) is 12.0 Å². The second-order valence-electron chi connectivity index (χ2n) is 5.55. The number of hydrogen-bond acceptors (Lipinski definition) is 1. The summed E-state index contributed by atoms with van der Waals surface area (Å²) in [7, 11) is 4.34. The maximum atomic E-state index is 2.42. The van der Waals surface area contributed by atoms with E-state index in [1.165, 1.54) is 19.3 Å². The predicted molar refractivity (Wildman–Crippen MR) is 74.3 cm³/mol. The second-order valence-corrected chi connectivity index (χ2v) is 5.55. The highest BCUT2D eigenvalue weighted by molar-refractivity contribution is 5.32. The molecule has 0 amide bonds. The Morgan fingerprint density at radius 3 is 2.59 bits per heavy atom. The van der Waals surface area contributed by atoms with Crippen LogP contribution in [0.4, 0.5) is 0 Å². The summed E-state index contributed by atoms with van der Waals surface area (Å²) in [4.78, 5) is 2.31. The minimum atomic E-state index is 0.340. The van der Waals surface area contributed by atoms with Crippen molar-refractivity contribution in [1.29, 1.82) is 0 Å². The summed E-state index contributed by atoms with van der Waals surface area (Å²) in [6, 6.07) is 8.90. The van der Waals surface area contributed by atoms with E-state index in [1.54, 1.807) is 11.1 Å². The molecule has 0 bridgehead atoms. The molecule has 2 rings (SSSR count). The van der Waals surface area contributed by atoms with Gasteiger partial charge in [-0.2, -0.15) is 0 Å². The zero-order valence-corrected chi connectivity index (χ0v) is 11.2. The predicted octanol–water partition coefficient (Wildman–Crippen LogP) is 3.30. The first-order chi connectivity index (χ1) is 8.15. The Hall–Kier alpha value is -1.08. The van der Waals surface area contributed by atoms with Crippen molar-refractivity contribution >= 4 is 0 Å². The summed E-state index contributed by atoms with van der Waals surface area (Å²) in [5.74, 6) is 0. The first kappa shape index (κ1) is 12.4. The van der Waals surface area contributed by atoms with Crippen molar-refractivity contribution in [2.45, 2.75) is 26.2 Å². The highest BCUT2D eigenvalue weighted by atomic mass is 15.1. The summed E-state index contributed by atoms with van der Waals surface area (Å²) in [5, 5.41) is 0. The molecule has 0 heterocycles. The van der Waals surface area contributed by atoms with Crippen molar-refractivity contribution in [2.75, 3.05) is 20.6 Å². The minimum absolute atomic E-state index is 0.340. The molecule has 1 nitrogen and oxygen atoms in total. The molecule has 0 aromatic heterocycles. The lowest BCUT2D eigenvalue weighted by molar-refractivity contribution is 0.226. The van der Waals surface area contributed by atoms with Crippen LogP contribution >= 0.6 is 0 Å². The minimum Gasteiger partial charge on any atom is -0.309 e. The lowest BCUT2D eigenvalue weighted by Gasteiger charge is -2.38. The molecule has 1 aliphatic carbocycles. The standard InChI is InChI=1S/C16H23N/c1-4-10-16(13-17(2)3)11-9-14-7-5-6-8-15(14)12-16/h4-8,10H,9,11-13H2,1-3H3. The molecule has 0 spiro atoms. The van der Waals surface area contributed by atoms with Crippen molar-refractivity contribution in [3.8, 4) is 0 Å². The summed E-state index contributed by atoms with van der Waals surface area (Å²) in [6.07, 6.45) is 8.31. The van der Waals surface area contributed by atoms with Crippen LogP contribution < -0.4 is 0 Å². The molecule has 0 N–H and O–H groups in total. The average Bonchev–Trinajstić information content (AvgIpc) is 2.28. The third-order valence-corrected chi connectivity index (χ3v) is 3.70. The molecule has 1 atom stereocenters. The maximum Gasteiger partial charge on any atom is 0.00699 e. The van der Waals surface area contributed by atoms with E-state index in [0.717, 1.165) is 6.54 Å². The molecule has 0 radical (unpaired) electrons. The molecule has 1 unspecified atom stereocenters. The molecule has 1 aliphatic rings. The smallest absolute Gasteiger partial charge is 0.00699 e. The van der Waals surface area contributed by atoms with E-state index in [-0.39, 0.29) is 0 Å². The molecule has 1 aromatic rings. The van der Waals surface area contributed by atoms with Gasteiger partial charge in [0.25, 0.3) is 0 Å². The monoisotopic (exact) mass is 229 g/mol. The average molecular weight is 229 g/mol. The van der Waals surface area contributed by atoms with Crippen LogP contribution in [-0.4, -0.2) is 25.5 Å². The van der Waals surface area contributed by atoms with Crippen LogP contribution in [0, 0.1) is 5.41 Å². The van der Waals surface area contributed by atoms with Crippen LogP contribution in [0.15, 0.2) is 36.4 Å². The van der Waals surface area contributed by atoms with Gasteiger partial charge in [-0.1, -0.05) is 36.4 Å². The van der Waals surface area contributed by atoms with Gasteiger partial charge in [0.2, 0.25) is 0 Å². The van der Waals surface area contributed by atoms with Crippen molar-refractivity contribution < 1.29 is 0 Å². The molecule has 0 aliphatic heterocycles. The van der Waals surface area contributed by atoms with E-state index in [9.17, 15) is 0 Å². The molecule has 0 saturated heterocycles. The molecule has 1 heteroatoms. The number of hydrogen-bond donors (Lipinski definition) is 0. The Balaban J connectivity index is 2.27. The molecule has 92 valence electrons. The second kappa shape index (κ2) is 5.05. The number of rotatable bonds is 3. The van der Waals surface area contributed by atoms with Gasteiger partial charge in [0.05, 0.1) is 0 Å². The molecule has 17 heavy (non-hydrogen) atoms. The molecule has 0 fully saturated rings. The summed E-state index contributed by atoms with van der Waals surface area (Å²) in [6.45, 7) is 3.28. The number of nitrogens with zero attached hydrogens (tertiary/aromatic N) is 1. The van der Waals surface area contributed by atoms with Gasteiger partial charge in [-0.15, -0.1) is 0 Å². The van der Waals surface area contributed by atoms with Crippen molar-refractivity contribution in [3.05, 3.63) is 47.5 Å². The van der Waals surface area contributed by atoms with Gasteiger partial charge in [-0.3, -0.25) is 0 Å². The van der Waals surface area contributed by atoms with Crippen molar-refractivity contribution in [2.24, 2.45) is 5.41 Å². The highest BCUT2D eigenvalue weighted by Crippen LogP contribution is 2.37.